The van der Waals surface area contributed by atoms with Gasteiger partial charge < -0.3 is 5.32 Å². The number of hydrogen-bond acceptors (Lipinski definition) is 3. The van der Waals surface area contributed by atoms with Crippen molar-refractivity contribution in [3.63, 3.8) is 0 Å². The number of nitrogens with one attached hydrogen (secondary N) is 1. The predicted octanol–water partition coefficient (Wildman–Crippen LogP) is 1.51. The summed E-state index contributed by atoms with van der Waals surface area (Å²) in [6.45, 7) is 2.49. The number of aryl methyl sites for hydroxylation is 1. The minimum Gasteiger partial charge on any atom is -0.317 e. The van der Waals surface area contributed by atoms with Crippen LogP contribution in [0.4, 0.5) is 4.39 Å². The second kappa shape index (κ2) is 5.56. The summed E-state index contributed by atoms with van der Waals surface area (Å²) in [5.41, 5.74) is 0.454. The number of sulfonamides is 1. The van der Waals surface area contributed by atoms with Crippen molar-refractivity contribution in [1.82, 2.24) is 9.62 Å². The second-order valence-electron chi connectivity index (χ2n) is 4.85. The largest absolute Gasteiger partial charge is 0.317 e. The summed E-state index contributed by atoms with van der Waals surface area (Å²) < 4.78 is 40.2. The van der Waals surface area contributed by atoms with E-state index in [9.17, 15) is 12.8 Å². The molecule has 1 aromatic rings. The fourth-order valence-corrected chi connectivity index (χ4v) is 4.20. The van der Waals surface area contributed by atoms with Crippen LogP contribution in [0.5, 0.6) is 0 Å². The van der Waals surface area contributed by atoms with Crippen LogP contribution in [0.2, 0.25) is 0 Å². The van der Waals surface area contributed by atoms with Crippen LogP contribution in [0, 0.1) is 12.7 Å². The van der Waals surface area contributed by atoms with Gasteiger partial charge in [-0.05, 0) is 38.4 Å². The maximum atomic E-state index is 13.8. The van der Waals surface area contributed by atoms with Gasteiger partial charge in [0.25, 0.3) is 0 Å². The van der Waals surface area contributed by atoms with Crippen molar-refractivity contribution in [3.05, 3.63) is 29.6 Å². The molecule has 1 fully saturated rings. The Balaban J connectivity index is 2.29. The quantitative estimate of drug-likeness (QED) is 0.916. The molecule has 1 N–H and O–H groups in total. The molecule has 0 unspecified atom stereocenters. The van der Waals surface area contributed by atoms with E-state index in [0.717, 1.165) is 12.8 Å². The minimum atomic E-state index is -3.72. The first kappa shape index (κ1) is 14.4. The number of rotatable bonds is 3. The lowest BCUT2D eigenvalue weighted by Gasteiger charge is -2.31. The molecule has 0 spiro atoms. The number of benzene rings is 1. The standard InChI is InChI=1S/C13H19FN2O2S/c1-10-4-3-5-12(14)13(10)19(17,18)16-8-6-11(15-2)7-9-16/h3-5,11,15H,6-9H2,1-2H3. The molecule has 6 heteroatoms. The van der Waals surface area contributed by atoms with Crippen LogP contribution in [0.15, 0.2) is 23.1 Å². The molecule has 1 saturated heterocycles. The molecule has 4 nitrogen and oxygen atoms in total. The van der Waals surface area contributed by atoms with Crippen LogP contribution in [0.25, 0.3) is 0 Å². The first-order valence-electron chi connectivity index (χ1n) is 6.39. The van der Waals surface area contributed by atoms with Crippen LogP contribution in [0.3, 0.4) is 0 Å². The van der Waals surface area contributed by atoms with Crippen molar-refractivity contribution in [2.45, 2.75) is 30.7 Å². The molecule has 1 heterocycles. The van der Waals surface area contributed by atoms with Gasteiger partial charge in [-0.15, -0.1) is 0 Å². The average Bonchev–Trinajstić information content (AvgIpc) is 2.38. The van der Waals surface area contributed by atoms with E-state index in [0.29, 0.717) is 24.7 Å². The smallest absolute Gasteiger partial charge is 0.246 e. The Hall–Kier alpha value is -0.980. The highest BCUT2D eigenvalue weighted by Gasteiger charge is 2.31. The van der Waals surface area contributed by atoms with Crippen LogP contribution >= 0.6 is 0 Å². The maximum absolute atomic E-state index is 13.8. The van der Waals surface area contributed by atoms with Gasteiger partial charge in [0.2, 0.25) is 10.0 Å². The van der Waals surface area contributed by atoms with Gasteiger partial charge in [-0.1, -0.05) is 12.1 Å². The van der Waals surface area contributed by atoms with Gasteiger partial charge in [0, 0.05) is 19.1 Å². The first-order valence-corrected chi connectivity index (χ1v) is 7.83. The zero-order valence-electron chi connectivity index (χ0n) is 11.2. The van der Waals surface area contributed by atoms with Gasteiger partial charge in [-0.25, -0.2) is 12.8 Å². The van der Waals surface area contributed by atoms with Gasteiger partial charge in [0.05, 0.1) is 0 Å². The highest BCUT2D eigenvalue weighted by molar-refractivity contribution is 7.89. The Morgan fingerprint density at radius 3 is 2.47 bits per heavy atom. The molecule has 0 saturated carbocycles. The second-order valence-corrected chi connectivity index (χ2v) is 6.73. The number of hydrogen-bond donors (Lipinski definition) is 1. The molecule has 1 aliphatic heterocycles. The molecule has 1 aromatic carbocycles. The summed E-state index contributed by atoms with van der Waals surface area (Å²) in [5, 5.41) is 3.14. The molecule has 0 amide bonds. The highest BCUT2D eigenvalue weighted by atomic mass is 32.2. The Kier molecular flexibility index (Phi) is 4.23. The SMILES string of the molecule is CNC1CCN(S(=O)(=O)c2c(C)cccc2F)CC1. The molecule has 19 heavy (non-hydrogen) atoms. The molecule has 1 aliphatic rings. The van der Waals surface area contributed by atoms with Gasteiger partial charge in [0.15, 0.2) is 0 Å². The van der Waals surface area contributed by atoms with Gasteiger partial charge >= 0.3 is 0 Å². The molecular weight excluding hydrogens is 267 g/mol. The fourth-order valence-electron chi connectivity index (χ4n) is 2.46. The van der Waals surface area contributed by atoms with E-state index in [2.05, 4.69) is 5.32 Å². The summed E-state index contributed by atoms with van der Waals surface area (Å²) in [4.78, 5) is -0.182. The number of halogens is 1. The normalized spacial score (nSPS) is 18.7. The van der Waals surface area contributed by atoms with E-state index >= 15 is 0 Å². The van der Waals surface area contributed by atoms with E-state index < -0.39 is 15.8 Å². The molecule has 0 aliphatic carbocycles. The zero-order chi connectivity index (χ0) is 14.0. The van der Waals surface area contributed by atoms with E-state index in [1.54, 1.807) is 13.0 Å². The van der Waals surface area contributed by atoms with Crippen LogP contribution < -0.4 is 5.32 Å². The van der Waals surface area contributed by atoms with Crippen molar-refractivity contribution in [3.8, 4) is 0 Å². The maximum Gasteiger partial charge on any atom is 0.246 e. The molecule has 0 radical (unpaired) electrons. The Labute approximate surface area is 113 Å². The fraction of sp³-hybridized carbons (Fsp3) is 0.538. The zero-order valence-corrected chi connectivity index (χ0v) is 12.0. The average molecular weight is 286 g/mol. The van der Waals surface area contributed by atoms with E-state index in [1.165, 1.54) is 16.4 Å². The predicted molar refractivity (Wildman–Crippen MR) is 72.0 cm³/mol. The van der Waals surface area contributed by atoms with Crippen molar-refractivity contribution < 1.29 is 12.8 Å². The lowest BCUT2D eigenvalue weighted by atomic mass is 10.1. The first-order chi connectivity index (χ1) is 8.96. The van der Waals surface area contributed by atoms with Crippen molar-refractivity contribution >= 4 is 10.0 Å². The Morgan fingerprint density at radius 1 is 1.32 bits per heavy atom. The molecule has 2 rings (SSSR count). The van der Waals surface area contributed by atoms with Gasteiger partial charge in [-0.3, -0.25) is 0 Å². The lowest BCUT2D eigenvalue weighted by Crippen LogP contribution is -2.44. The lowest BCUT2D eigenvalue weighted by molar-refractivity contribution is 0.297. The topological polar surface area (TPSA) is 49.4 Å². The van der Waals surface area contributed by atoms with Crippen LogP contribution in [-0.2, 0) is 10.0 Å². The van der Waals surface area contributed by atoms with E-state index in [1.807, 2.05) is 7.05 Å². The van der Waals surface area contributed by atoms with Crippen molar-refractivity contribution in [2.24, 2.45) is 0 Å². The highest BCUT2D eigenvalue weighted by Crippen LogP contribution is 2.25. The summed E-state index contributed by atoms with van der Waals surface area (Å²) >= 11 is 0. The monoisotopic (exact) mass is 286 g/mol. The van der Waals surface area contributed by atoms with E-state index in [-0.39, 0.29) is 4.90 Å². The molecule has 106 valence electrons. The van der Waals surface area contributed by atoms with Gasteiger partial charge in [-0.2, -0.15) is 4.31 Å². The molecule has 0 bridgehead atoms. The third-order valence-corrected chi connectivity index (χ3v) is 5.70. The Bertz CT molecular complexity index is 532. The van der Waals surface area contributed by atoms with Crippen LogP contribution in [-0.4, -0.2) is 38.9 Å². The molecule has 0 atom stereocenters. The molecule has 0 aromatic heterocycles. The number of nitrogens with zero attached hydrogens (tertiary/aromatic N) is 1. The van der Waals surface area contributed by atoms with Gasteiger partial charge in [0.1, 0.15) is 10.7 Å². The summed E-state index contributed by atoms with van der Waals surface area (Å²) in [6, 6.07) is 4.68. The van der Waals surface area contributed by atoms with Crippen molar-refractivity contribution in [2.75, 3.05) is 20.1 Å². The number of piperidine rings is 1. The van der Waals surface area contributed by atoms with Crippen LogP contribution in [0.1, 0.15) is 18.4 Å². The third kappa shape index (κ3) is 2.80. The minimum absolute atomic E-state index is 0.182. The molecular formula is C13H19FN2O2S. The van der Waals surface area contributed by atoms with Crippen molar-refractivity contribution in [1.29, 1.82) is 0 Å². The summed E-state index contributed by atoms with van der Waals surface area (Å²) in [7, 11) is -1.85. The Morgan fingerprint density at radius 2 is 1.95 bits per heavy atom. The summed E-state index contributed by atoms with van der Waals surface area (Å²) in [5.74, 6) is -0.671. The third-order valence-electron chi connectivity index (χ3n) is 3.62. The van der Waals surface area contributed by atoms with E-state index in [4.69, 9.17) is 0 Å². The summed E-state index contributed by atoms with van der Waals surface area (Å²) in [6.07, 6.45) is 1.51.